The summed E-state index contributed by atoms with van der Waals surface area (Å²) < 4.78 is 4.63. The molecule has 0 heterocycles. The highest BCUT2D eigenvalue weighted by molar-refractivity contribution is 5.92. The van der Waals surface area contributed by atoms with Gasteiger partial charge in [0.1, 0.15) is 25.4 Å². The summed E-state index contributed by atoms with van der Waals surface area (Å²) in [5.74, 6) is -2.75. The van der Waals surface area contributed by atoms with Crippen LogP contribution in [-0.4, -0.2) is 60.3 Å². The van der Waals surface area contributed by atoms with E-state index in [1.165, 1.54) is 20.8 Å². The number of ether oxygens (including phenoxy) is 1. The lowest BCUT2D eigenvalue weighted by molar-refractivity contribution is -0.143. The van der Waals surface area contributed by atoms with E-state index in [0.717, 1.165) is 0 Å². The monoisotopic (exact) mass is 318 g/mol. The third-order valence-electron chi connectivity index (χ3n) is 2.49. The first-order valence-corrected chi connectivity index (χ1v) is 6.58. The number of carbonyl (C=O) groups is 4. The zero-order valence-electron chi connectivity index (χ0n) is 12.7. The minimum atomic E-state index is -1.16. The van der Waals surface area contributed by atoms with E-state index in [1.54, 1.807) is 0 Å². The molecule has 0 aliphatic rings. The summed E-state index contributed by atoms with van der Waals surface area (Å²) in [5, 5.41) is 15.4. The van der Waals surface area contributed by atoms with E-state index in [1.807, 2.05) is 0 Å². The molecule has 3 atom stereocenters. The molecule has 0 fully saturated rings. The largest absolute Gasteiger partial charge is 0.480 e. The Kier molecular flexibility index (Phi) is 8.72. The van der Waals surface area contributed by atoms with E-state index in [2.05, 4.69) is 20.7 Å². The van der Waals surface area contributed by atoms with Crippen molar-refractivity contribution in [1.82, 2.24) is 16.0 Å². The molecule has 10 nitrogen and oxygen atoms in total. The summed E-state index contributed by atoms with van der Waals surface area (Å²) in [6, 6.07) is -2.48. The fourth-order valence-electron chi connectivity index (χ4n) is 1.23. The molecule has 0 saturated carbocycles. The van der Waals surface area contributed by atoms with Gasteiger partial charge in [-0.3, -0.25) is 14.4 Å². The second kappa shape index (κ2) is 9.68. The molecule has 126 valence electrons. The molecule has 0 spiro atoms. The van der Waals surface area contributed by atoms with E-state index >= 15 is 0 Å². The van der Waals surface area contributed by atoms with E-state index < -0.39 is 48.4 Å². The van der Waals surface area contributed by atoms with Crippen LogP contribution in [-0.2, 0) is 23.9 Å². The van der Waals surface area contributed by atoms with Gasteiger partial charge in [-0.2, -0.15) is 0 Å². The Bertz CT molecular complexity index is 426. The van der Waals surface area contributed by atoms with E-state index in [4.69, 9.17) is 10.8 Å². The molecular weight excluding hydrogens is 296 g/mol. The number of nitrogens with one attached hydrogen (secondary N) is 3. The quantitative estimate of drug-likeness (QED) is 0.232. The number of carbonyl (C=O) groups excluding carboxylic acids is 3. The van der Waals surface area contributed by atoms with Crippen molar-refractivity contribution in [3.63, 3.8) is 0 Å². The molecule has 0 bridgehead atoms. The fraction of sp³-hybridized carbons (Fsp3) is 0.667. The average molecular weight is 318 g/mol. The second-order valence-electron chi connectivity index (χ2n) is 4.68. The van der Waals surface area contributed by atoms with Gasteiger partial charge in [0.05, 0.1) is 6.04 Å². The molecule has 6 N–H and O–H groups in total. The third kappa shape index (κ3) is 8.17. The second-order valence-corrected chi connectivity index (χ2v) is 4.68. The smallest absolute Gasteiger partial charge is 0.329 e. The van der Waals surface area contributed by atoms with Gasteiger partial charge in [-0.05, 0) is 20.8 Å². The van der Waals surface area contributed by atoms with Crippen LogP contribution in [0.1, 0.15) is 20.8 Å². The van der Waals surface area contributed by atoms with Gasteiger partial charge in [-0.1, -0.05) is 0 Å². The van der Waals surface area contributed by atoms with Gasteiger partial charge in [0.2, 0.25) is 17.7 Å². The lowest BCUT2D eigenvalue weighted by Crippen LogP contribution is -2.53. The van der Waals surface area contributed by atoms with Crippen LogP contribution in [0.5, 0.6) is 0 Å². The van der Waals surface area contributed by atoms with Crippen LogP contribution in [0.25, 0.3) is 0 Å². The van der Waals surface area contributed by atoms with Crippen LogP contribution in [0.4, 0.5) is 0 Å². The van der Waals surface area contributed by atoms with Crippen molar-refractivity contribution in [2.24, 2.45) is 5.73 Å². The van der Waals surface area contributed by atoms with E-state index in [9.17, 15) is 19.2 Å². The molecule has 0 saturated heterocycles. The molecule has 0 unspecified atom stereocenters. The number of hydrogen-bond acceptors (Lipinski definition) is 6. The minimum absolute atomic E-state index is 0.289. The molecule has 0 aromatic heterocycles. The van der Waals surface area contributed by atoms with Crippen molar-refractivity contribution in [3.8, 4) is 0 Å². The topological polar surface area (TPSA) is 160 Å². The minimum Gasteiger partial charge on any atom is -0.480 e. The number of amides is 3. The maximum Gasteiger partial charge on any atom is 0.329 e. The Morgan fingerprint density at radius 3 is 2.00 bits per heavy atom. The highest BCUT2D eigenvalue weighted by Crippen LogP contribution is 1.89. The van der Waals surface area contributed by atoms with Crippen LogP contribution in [0, 0.1) is 0 Å². The molecule has 0 aliphatic heterocycles. The summed E-state index contributed by atoms with van der Waals surface area (Å²) in [7, 11) is 0. The first-order chi connectivity index (χ1) is 10.1. The van der Waals surface area contributed by atoms with Crippen molar-refractivity contribution < 1.29 is 29.0 Å². The first kappa shape index (κ1) is 19.8. The van der Waals surface area contributed by atoms with Gasteiger partial charge in [0, 0.05) is 0 Å². The Morgan fingerprint density at radius 2 is 1.50 bits per heavy atom. The SMILES string of the molecule is C[C@H](N)C(=O)N[C@H](C)C(=O)N[C@@H](C)C(=O)NCOCC(=O)O. The summed E-state index contributed by atoms with van der Waals surface area (Å²) in [5.41, 5.74) is 5.36. The van der Waals surface area contributed by atoms with Crippen molar-refractivity contribution in [3.05, 3.63) is 0 Å². The Balaban J connectivity index is 4.14. The summed E-state index contributed by atoms with van der Waals surface area (Å²) >= 11 is 0. The normalized spacial score (nSPS) is 14.4. The van der Waals surface area contributed by atoms with Crippen LogP contribution < -0.4 is 21.7 Å². The van der Waals surface area contributed by atoms with Gasteiger partial charge >= 0.3 is 5.97 Å². The van der Waals surface area contributed by atoms with Crippen molar-refractivity contribution in [1.29, 1.82) is 0 Å². The Morgan fingerprint density at radius 1 is 1.00 bits per heavy atom. The molecule has 0 aliphatic carbocycles. The lowest BCUT2D eigenvalue weighted by Gasteiger charge is -2.19. The van der Waals surface area contributed by atoms with Crippen LogP contribution in [0.15, 0.2) is 0 Å². The van der Waals surface area contributed by atoms with Gasteiger partial charge in [0.15, 0.2) is 0 Å². The molecular formula is C12H22N4O6. The highest BCUT2D eigenvalue weighted by Gasteiger charge is 2.21. The van der Waals surface area contributed by atoms with Gasteiger partial charge in [0.25, 0.3) is 0 Å². The molecule has 0 rings (SSSR count). The fourth-order valence-corrected chi connectivity index (χ4v) is 1.23. The maximum atomic E-state index is 11.8. The summed E-state index contributed by atoms with van der Waals surface area (Å²) in [4.78, 5) is 44.9. The van der Waals surface area contributed by atoms with Crippen molar-refractivity contribution in [2.45, 2.75) is 38.9 Å². The molecule has 0 radical (unpaired) electrons. The molecule has 3 amide bonds. The third-order valence-corrected chi connectivity index (χ3v) is 2.49. The Labute approximate surface area is 127 Å². The van der Waals surface area contributed by atoms with Gasteiger partial charge < -0.3 is 31.5 Å². The maximum absolute atomic E-state index is 11.8. The van der Waals surface area contributed by atoms with Gasteiger partial charge in [-0.15, -0.1) is 0 Å². The lowest BCUT2D eigenvalue weighted by atomic mass is 10.2. The number of rotatable bonds is 9. The number of carboxylic acids is 1. The number of hydrogen-bond donors (Lipinski definition) is 5. The highest BCUT2D eigenvalue weighted by atomic mass is 16.5. The standard InChI is InChI=1S/C12H22N4O6/c1-6(13)10(19)15-8(3)12(21)16-7(2)11(20)14-5-22-4-9(17)18/h6-8H,4-5,13H2,1-3H3,(H,14,20)(H,15,19)(H,16,21)(H,17,18)/t6-,7-,8+/m0/s1. The zero-order valence-corrected chi connectivity index (χ0v) is 12.7. The van der Waals surface area contributed by atoms with Crippen molar-refractivity contribution in [2.75, 3.05) is 13.3 Å². The average Bonchev–Trinajstić information content (AvgIpc) is 2.42. The number of carboxylic acid groups (broad SMARTS) is 1. The van der Waals surface area contributed by atoms with Gasteiger partial charge in [-0.25, -0.2) is 4.79 Å². The zero-order chi connectivity index (χ0) is 17.3. The number of nitrogens with two attached hydrogens (primary N) is 1. The predicted octanol–water partition coefficient (Wildman–Crippen LogP) is -2.48. The first-order valence-electron chi connectivity index (χ1n) is 6.58. The van der Waals surface area contributed by atoms with Crippen LogP contribution in [0.3, 0.4) is 0 Å². The predicted molar refractivity (Wildman–Crippen MR) is 75.5 cm³/mol. The van der Waals surface area contributed by atoms with Crippen molar-refractivity contribution >= 4 is 23.7 Å². The molecule has 22 heavy (non-hydrogen) atoms. The Hall–Kier alpha value is -2.20. The van der Waals surface area contributed by atoms with Crippen LogP contribution in [0.2, 0.25) is 0 Å². The molecule has 0 aromatic carbocycles. The summed E-state index contributed by atoms with van der Waals surface area (Å²) in [6.07, 6.45) is 0. The molecule has 10 heteroatoms. The number of aliphatic carboxylic acids is 1. The van der Waals surface area contributed by atoms with Crippen LogP contribution >= 0.6 is 0 Å². The molecule has 0 aromatic rings. The van der Waals surface area contributed by atoms with E-state index in [0.29, 0.717) is 0 Å². The summed E-state index contributed by atoms with van der Waals surface area (Å²) in [6.45, 7) is 3.54. The van der Waals surface area contributed by atoms with E-state index in [-0.39, 0.29) is 6.73 Å².